The fraction of sp³-hybridized carbons (Fsp3) is 0.342. The minimum absolute atomic E-state index is 0.112. The lowest BCUT2D eigenvalue weighted by atomic mass is 9.90. The van der Waals surface area contributed by atoms with Gasteiger partial charge in [0.15, 0.2) is 23.9 Å². The highest BCUT2D eigenvalue weighted by Crippen LogP contribution is 2.34. The number of nitrogens with zero attached hydrogens (tertiary/aromatic N) is 1. The van der Waals surface area contributed by atoms with Crippen LogP contribution < -0.4 is 30.6 Å². The maximum absolute atomic E-state index is 13.9. The number of nitrogens with one attached hydrogen (secondary N) is 2. The molecule has 6 bridgehead atoms. The number of amides is 3. The molecule has 4 aromatic rings. The molecule has 3 amide bonds. The van der Waals surface area contributed by atoms with E-state index in [1.807, 2.05) is 76.2 Å². The average molecular weight is 667 g/mol. The van der Waals surface area contributed by atoms with Gasteiger partial charge >= 0.3 is 0 Å². The lowest BCUT2D eigenvalue weighted by Gasteiger charge is -2.23. The summed E-state index contributed by atoms with van der Waals surface area (Å²) in [5, 5.41) is 6.14. The molecule has 0 spiro atoms. The number of carbonyl (C=O) groups is 3. The largest absolute Gasteiger partial charge is 0.493 e. The number of rotatable bonds is 4. The third kappa shape index (κ3) is 7.57. The van der Waals surface area contributed by atoms with Crippen LogP contribution in [0, 0.1) is 6.92 Å². The molecule has 1 aromatic heterocycles. The van der Waals surface area contributed by atoms with Gasteiger partial charge in [-0.1, -0.05) is 45.0 Å². The van der Waals surface area contributed by atoms with Crippen LogP contribution in [-0.2, 0) is 23.3 Å². The van der Waals surface area contributed by atoms with Crippen LogP contribution in [-0.4, -0.2) is 61.6 Å². The van der Waals surface area contributed by atoms with Gasteiger partial charge in [0.05, 0.1) is 13.2 Å². The predicted molar refractivity (Wildman–Crippen MR) is 184 cm³/mol. The summed E-state index contributed by atoms with van der Waals surface area (Å²) >= 11 is 0. The molecule has 0 radical (unpaired) electrons. The zero-order valence-electron chi connectivity index (χ0n) is 28.4. The number of furan rings is 1. The Morgan fingerprint density at radius 3 is 2.59 bits per heavy atom. The van der Waals surface area contributed by atoms with Crippen molar-refractivity contribution in [2.24, 2.45) is 5.73 Å². The molecule has 11 heteroatoms. The van der Waals surface area contributed by atoms with Crippen LogP contribution in [0.3, 0.4) is 0 Å². The monoisotopic (exact) mass is 666 g/mol. The van der Waals surface area contributed by atoms with Gasteiger partial charge in [0.2, 0.25) is 0 Å². The minimum atomic E-state index is -0.627. The number of aryl methyl sites for hydroxylation is 1. The predicted octanol–water partition coefficient (Wildman–Crippen LogP) is 4.73. The maximum Gasteiger partial charge on any atom is 0.284 e. The Kier molecular flexibility index (Phi) is 9.38. The molecular weight excluding hydrogens is 624 g/mol. The van der Waals surface area contributed by atoms with Crippen molar-refractivity contribution in [2.75, 3.05) is 26.8 Å². The lowest BCUT2D eigenvalue weighted by Crippen LogP contribution is -2.45. The molecule has 4 N–H and O–H groups in total. The Morgan fingerprint density at radius 1 is 1.02 bits per heavy atom. The second-order valence-electron chi connectivity index (χ2n) is 13.6. The number of methoxy groups -OCH3 is 1. The quantitative estimate of drug-likeness (QED) is 0.284. The Bertz CT molecular complexity index is 1890. The number of ether oxygens (including phenoxy) is 3. The van der Waals surface area contributed by atoms with Crippen LogP contribution in [0.4, 0.5) is 0 Å². The third-order valence-electron chi connectivity index (χ3n) is 8.80. The van der Waals surface area contributed by atoms with Gasteiger partial charge in [-0.15, -0.1) is 0 Å². The van der Waals surface area contributed by atoms with Crippen molar-refractivity contribution >= 4 is 17.7 Å². The van der Waals surface area contributed by atoms with Crippen LogP contribution in [0.5, 0.6) is 17.2 Å². The number of hydrogen-bond donors (Lipinski definition) is 3. The van der Waals surface area contributed by atoms with Crippen LogP contribution in [0.15, 0.2) is 71.1 Å². The van der Waals surface area contributed by atoms with Gasteiger partial charge in [0.1, 0.15) is 17.6 Å². The van der Waals surface area contributed by atoms with Gasteiger partial charge in [-0.25, -0.2) is 0 Å². The highest BCUT2D eigenvalue weighted by Gasteiger charge is 2.38. The molecule has 1 fully saturated rings. The number of likely N-dealkylation sites (tertiary alicyclic amines) is 1. The molecule has 0 saturated carbocycles. The smallest absolute Gasteiger partial charge is 0.284 e. The Hall–Kier alpha value is -5.29. The van der Waals surface area contributed by atoms with Crippen molar-refractivity contribution in [2.45, 2.75) is 58.3 Å². The number of primary amides is 1. The molecule has 0 aliphatic carbocycles. The van der Waals surface area contributed by atoms with E-state index in [1.165, 1.54) is 0 Å². The molecule has 7 rings (SSSR count). The van der Waals surface area contributed by atoms with E-state index >= 15 is 0 Å². The highest BCUT2D eigenvalue weighted by molar-refractivity contribution is 5.96. The summed E-state index contributed by atoms with van der Waals surface area (Å²) in [6.45, 7) is 9.56. The summed E-state index contributed by atoms with van der Waals surface area (Å²) < 4.78 is 24.0. The highest BCUT2D eigenvalue weighted by atomic mass is 16.5. The van der Waals surface area contributed by atoms with Crippen molar-refractivity contribution in [1.82, 2.24) is 15.5 Å². The van der Waals surface area contributed by atoms with E-state index in [4.69, 9.17) is 24.4 Å². The topological polar surface area (TPSA) is 145 Å². The fourth-order valence-electron chi connectivity index (χ4n) is 6.34. The summed E-state index contributed by atoms with van der Waals surface area (Å²) in [5.74, 6) is 1.21. The molecule has 1 saturated heterocycles. The summed E-state index contributed by atoms with van der Waals surface area (Å²) in [6, 6.07) is 19.9. The van der Waals surface area contributed by atoms with Crippen molar-refractivity contribution in [3.63, 3.8) is 0 Å². The first-order chi connectivity index (χ1) is 23.4. The first kappa shape index (κ1) is 33.6. The van der Waals surface area contributed by atoms with E-state index in [2.05, 4.69) is 15.5 Å². The van der Waals surface area contributed by atoms with Crippen molar-refractivity contribution in [3.05, 3.63) is 101 Å². The van der Waals surface area contributed by atoms with Crippen molar-refractivity contribution < 1.29 is 33.0 Å². The van der Waals surface area contributed by atoms with Gasteiger partial charge in [-0.2, -0.15) is 0 Å². The number of carbonyl (C=O) groups excluding carboxylic acids is 3. The first-order valence-corrected chi connectivity index (χ1v) is 16.3. The zero-order valence-corrected chi connectivity index (χ0v) is 28.4. The molecule has 3 aliphatic heterocycles. The Labute approximate surface area is 285 Å². The van der Waals surface area contributed by atoms with Gasteiger partial charge in [0, 0.05) is 42.7 Å². The summed E-state index contributed by atoms with van der Waals surface area (Å²) in [4.78, 5) is 40.8. The van der Waals surface area contributed by atoms with E-state index in [0.717, 1.165) is 27.8 Å². The average Bonchev–Trinajstić information content (AvgIpc) is 3.67. The minimum Gasteiger partial charge on any atom is -0.493 e. The van der Waals surface area contributed by atoms with Gasteiger partial charge in [0.25, 0.3) is 17.7 Å². The Balaban J connectivity index is 1.35. The lowest BCUT2D eigenvalue weighted by molar-refractivity contribution is -0.123. The molecule has 3 aliphatic rings. The van der Waals surface area contributed by atoms with Crippen molar-refractivity contribution in [1.29, 1.82) is 0 Å². The molecule has 4 heterocycles. The summed E-state index contributed by atoms with van der Waals surface area (Å²) in [6.07, 6.45) is -0.451. The summed E-state index contributed by atoms with van der Waals surface area (Å²) in [7, 11) is 1.56. The Morgan fingerprint density at radius 2 is 1.84 bits per heavy atom. The summed E-state index contributed by atoms with van der Waals surface area (Å²) in [5.41, 5.74) is 10.1. The molecule has 0 unspecified atom stereocenters. The first-order valence-electron chi connectivity index (χ1n) is 16.3. The van der Waals surface area contributed by atoms with Crippen LogP contribution in [0.1, 0.15) is 64.1 Å². The molecular formula is C38H42N4O7. The normalized spacial score (nSPS) is 18.5. The van der Waals surface area contributed by atoms with Gasteiger partial charge in [-0.3, -0.25) is 19.3 Å². The molecule has 3 aromatic carbocycles. The second-order valence-corrected chi connectivity index (χ2v) is 13.6. The second kappa shape index (κ2) is 13.7. The SMILES string of the molecule is COc1cc2ccc1O[C@H]1CN(Cc3cc(C(N)=O)oc3C(C)(C)C)C[C@@H]1NC(=O)c1ccc(C)c(c1)-c1cccc(c1)OCC(=O)NC2. The number of benzene rings is 3. The number of hydrogen-bond acceptors (Lipinski definition) is 8. The fourth-order valence-corrected chi connectivity index (χ4v) is 6.34. The van der Waals surface area contributed by atoms with Crippen molar-refractivity contribution in [3.8, 4) is 28.4 Å². The molecule has 2 atom stereocenters. The molecule has 256 valence electrons. The van der Waals surface area contributed by atoms with Crippen LogP contribution in [0.25, 0.3) is 11.1 Å². The maximum atomic E-state index is 13.9. The standard InChI is InChI=1S/C38H42N4O7/c1-22-9-11-25-15-28(22)24-7-6-8-27(14-24)47-21-34(43)40-17-23-10-12-30(31(13-23)46-5)48-33-20-42(19-29(33)41-37(25)45)18-26-16-32(36(39)44)49-35(26)38(2,3)4/h6-16,29,33H,17-21H2,1-5H3,(H2,39,44)(H,40,43)(H,41,45)/t29-,33-/m0/s1. The zero-order chi connectivity index (χ0) is 34.9. The van der Waals surface area contributed by atoms with Crippen LogP contribution in [0.2, 0.25) is 0 Å². The molecule has 49 heavy (non-hydrogen) atoms. The van der Waals surface area contributed by atoms with E-state index in [0.29, 0.717) is 48.2 Å². The molecule has 11 nitrogen and oxygen atoms in total. The van der Waals surface area contributed by atoms with E-state index < -0.39 is 18.1 Å². The number of fused-ring (bicyclic) bond motifs is 7. The van der Waals surface area contributed by atoms with E-state index in [-0.39, 0.29) is 36.1 Å². The van der Waals surface area contributed by atoms with E-state index in [9.17, 15) is 14.4 Å². The van der Waals surface area contributed by atoms with Crippen LogP contribution >= 0.6 is 0 Å². The van der Waals surface area contributed by atoms with Gasteiger partial charge in [-0.05, 0) is 71.6 Å². The van der Waals surface area contributed by atoms with E-state index in [1.54, 1.807) is 25.3 Å². The van der Waals surface area contributed by atoms with Gasteiger partial charge < -0.3 is 35.0 Å². The number of nitrogens with two attached hydrogens (primary N) is 1. The third-order valence-corrected chi connectivity index (χ3v) is 8.80.